The van der Waals surface area contributed by atoms with Crippen LogP contribution in [0.25, 0.3) is 0 Å². The molecule has 0 heterocycles. The first-order valence-corrected chi connectivity index (χ1v) is 8.85. The molecular formula is C17H16BrClN2O4S. The highest BCUT2D eigenvalue weighted by Crippen LogP contribution is 2.38. The predicted octanol–water partition coefficient (Wildman–Crippen LogP) is 4.26. The molecule has 9 heteroatoms. The lowest BCUT2D eigenvalue weighted by molar-refractivity contribution is 0.0977. The topological polar surface area (TPSA) is 68.8 Å². The molecule has 0 atom stereocenters. The van der Waals surface area contributed by atoms with E-state index in [1.54, 1.807) is 18.2 Å². The summed E-state index contributed by atoms with van der Waals surface area (Å²) in [6.07, 6.45) is 0. The number of hydrogen-bond donors (Lipinski definition) is 2. The molecule has 6 nitrogen and oxygen atoms in total. The highest BCUT2D eigenvalue weighted by atomic mass is 79.9. The van der Waals surface area contributed by atoms with Gasteiger partial charge in [0, 0.05) is 10.0 Å². The van der Waals surface area contributed by atoms with Gasteiger partial charge in [-0.1, -0.05) is 27.5 Å². The molecule has 138 valence electrons. The van der Waals surface area contributed by atoms with Crippen LogP contribution in [-0.2, 0) is 0 Å². The van der Waals surface area contributed by atoms with E-state index in [0.717, 1.165) is 4.47 Å². The Bertz CT molecular complexity index is 823. The Kier molecular flexibility index (Phi) is 7.07. The standard InChI is InChI=1S/C17H16BrClN2O4S/c1-23-13-6-9(7-14(24-2)15(13)25-3)16(22)21-17(26)20-12-5-4-10(18)8-11(12)19/h4-8H,1-3H3,(H2,20,21,22,26). The minimum Gasteiger partial charge on any atom is -0.493 e. The molecule has 0 radical (unpaired) electrons. The Labute approximate surface area is 169 Å². The Balaban J connectivity index is 2.17. The smallest absolute Gasteiger partial charge is 0.257 e. The Morgan fingerprint density at radius 2 is 1.69 bits per heavy atom. The van der Waals surface area contributed by atoms with E-state index in [2.05, 4.69) is 26.6 Å². The Morgan fingerprint density at radius 3 is 2.19 bits per heavy atom. The second-order valence-corrected chi connectivity index (χ2v) is 6.68. The lowest BCUT2D eigenvalue weighted by Crippen LogP contribution is -2.34. The minimum atomic E-state index is -0.435. The van der Waals surface area contributed by atoms with Gasteiger partial charge in [-0.05, 0) is 42.5 Å². The van der Waals surface area contributed by atoms with E-state index >= 15 is 0 Å². The summed E-state index contributed by atoms with van der Waals surface area (Å²) in [5, 5.41) is 6.03. The van der Waals surface area contributed by atoms with E-state index in [1.807, 2.05) is 0 Å². The maximum atomic E-state index is 12.5. The van der Waals surface area contributed by atoms with Crippen LogP contribution in [0.1, 0.15) is 10.4 Å². The van der Waals surface area contributed by atoms with E-state index in [0.29, 0.717) is 33.5 Å². The molecule has 0 spiro atoms. The molecule has 26 heavy (non-hydrogen) atoms. The van der Waals surface area contributed by atoms with Crippen LogP contribution in [0.15, 0.2) is 34.8 Å². The number of carbonyl (C=O) groups excluding carboxylic acids is 1. The fourth-order valence-corrected chi connectivity index (χ4v) is 3.06. The van der Waals surface area contributed by atoms with Crippen molar-refractivity contribution in [3.63, 3.8) is 0 Å². The number of anilines is 1. The number of hydrogen-bond acceptors (Lipinski definition) is 5. The van der Waals surface area contributed by atoms with E-state index < -0.39 is 5.91 Å². The van der Waals surface area contributed by atoms with Crippen molar-refractivity contribution < 1.29 is 19.0 Å². The molecule has 2 aromatic carbocycles. The summed E-state index contributed by atoms with van der Waals surface area (Å²) in [6.45, 7) is 0. The van der Waals surface area contributed by atoms with Gasteiger partial charge in [0.15, 0.2) is 16.6 Å². The summed E-state index contributed by atoms with van der Waals surface area (Å²) in [5.74, 6) is 0.697. The average Bonchev–Trinajstić information content (AvgIpc) is 2.62. The van der Waals surface area contributed by atoms with E-state index in [9.17, 15) is 4.79 Å². The van der Waals surface area contributed by atoms with Crippen molar-refractivity contribution >= 4 is 56.5 Å². The second kappa shape index (κ2) is 9.07. The number of rotatable bonds is 5. The molecule has 0 saturated heterocycles. The number of benzene rings is 2. The first-order valence-electron chi connectivity index (χ1n) is 7.27. The van der Waals surface area contributed by atoms with Gasteiger partial charge >= 0.3 is 0 Å². The second-order valence-electron chi connectivity index (χ2n) is 4.95. The zero-order valence-corrected chi connectivity index (χ0v) is 17.3. The summed E-state index contributed by atoms with van der Waals surface area (Å²) in [4.78, 5) is 12.5. The third-order valence-electron chi connectivity index (χ3n) is 3.33. The molecule has 0 aliphatic carbocycles. The van der Waals surface area contributed by atoms with Crippen molar-refractivity contribution in [3.8, 4) is 17.2 Å². The Morgan fingerprint density at radius 1 is 1.08 bits per heavy atom. The van der Waals surface area contributed by atoms with Gasteiger partial charge in [0.2, 0.25) is 5.75 Å². The van der Waals surface area contributed by atoms with Gasteiger partial charge in [-0.15, -0.1) is 0 Å². The van der Waals surface area contributed by atoms with Crippen LogP contribution in [0, 0.1) is 0 Å². The summed E-state index contributed by atoms with van der Waals surface area (Å²) in [7, 11) is 4.43. The first-order chi connectivity index (χ1) is 12.4. The number of carbonyl (C=O) groups is 1. The van der Waals surface area contributed by atoms with E-state index in [1.165, 1.54) is 33.5 Å². The van der Waals surface area contributed by atoms with Crippen LogP contribution >= 0.6 is 39.7 Å². The Hall–Kier alpha value is -2.03. The van der Waals surface area contributed by atoms with Gasteiger partial charge in [0.05, 0.1) is 32.0 Å². The number of methoxy groups -OCH3 is 3. The summed E-state index contributed by atoms with van der Waals surface area (Å²) in [5.41, 5.74) is 0.871. The fraction of sp³-hybridized carbons (Fsp3) is 0.176. The van der Waals surface area contributed by atoms with Crippen LogP contribution in [0.2, 0.25) is 5.02 Å². The van der Waals surface area contributed by atoms with Crippen molar-refractivity contribution in [2.45, 2.75) is 0 Å². The molecule has 0 unspecified atom stereocenters. The van der Waals surface area contributed by atoms with Crippen molar-refractivity contribution in [2.24, 2.45) is 0 Å². The molecule has 0 aromatic heterocycles. The molecular weight excluding hydrogens is 444 g/mol. The highest BCUT2D eigenvalue weighted by Gasteiger charge is 2.18. The summed E-state index contributed by atoms with van der Waals surface area (Å²) >= 11 is 14.6. The van der Waals surface area contributed by atoms with Gasteiger partial charge in [-0.3, -0.25) is 10.1 Å². The molecule has 2 rings (SSSR count). The van der Waals surface area contributed by atoms with E-state index in [4.69, 9.17) is 38.0 Å². The van der Waals surface area contributed by atoms with Gasteiger partial charge in [0.25, 0.3) is 5.91 Å². The predicted molar refractivity (Wildman–Crippen MR) is 109 cm³/mol. The lowest BCUT2D eigenvalue weighted by Gasteiger charge is -2.15. The normalized spacial score (nSPS) is 10.0. The van der Waals surface area contributed by atoms with Crippen LogP contribution in [0.3, 0.4) is 0 Å². The molecule has 0 aliphatic heterocycles. The zero-order valence-electron chi connectivity index (χ0n) is 14.2. The van der Waals surface area contributed by atoms with Crippen LogP contribution in [0.5, 0.6) is 17.2 Å². The monoisotopic (exact) mass is 458 g/mol. The third-order valence-corrected chi connectivity index (χ3v) is 4.34. The van der Waals surface area contributed by atoms with Gasteiger partial charge in [-0.2, -0.15) is 0 Å². The summed E-state index contributed by atoms with van der Waals surface area (Å²) < 4.78 is 16.6. The number of amides is 1. The molecule has 2 N–H and O–H groups in total. The zero-order chi connectivity index (χ0) is 19.3. The van der Waals surface area contributed by atoms with Gasteiger partial charge in [-0.25, -0.2) is 0 Å². The molecule has 0 aliphatic rings. The number of thiocarbonyl (C=S) groups is 1. The molecule has 1 amide bonds. The summed E-state index contributed by atoms with van der Waals surface area (Å²) in [6, 6.07) is 8.33. The van der Waals surface area contributed by atoms with Gasteiger partial charge < -0.3 is 19.5 Å². The molecule has 0 bridgehead atoms. The number of nitrogens with one attached hydrogen (secondary N) is 2. The minimum absolute atomic E-state index is 0.105. The fourth-order valence-electron chi connectivity index (χ4n) is 2.13. The SMILES string of the molecule is COc1cc(C(=O)NC(=S)Nc2ccc(Br)cc2Cl)cc(OC)c1OC. The molecule has 0 saturated carbocycles. The molecule has 2 aromatic rings. The van der Waals surface area contributed by atoms with Crippen LogP contribution in [-0.4, -0.2) is 32.3 Å². The number of halogens is 2. The van der Waals surface area contributed by atoms with E-state index in [-0.39, 0.29) is 5.11 Å². The highest BCUT2D eigenvalue weighted by molar-refractivity contribution is 9.10. The van der Waals surface area contributed by atoms with Crippen molar-refractivity contribution in [1.82, 2.24) is 5.32 Å². The maximum Gasteiger partial charge on any atom is 0.257 e. The van der Waals surface area contributed by atoms with Crippen LogP contribution < -0.4 is 24.8 Å². The largest absolute Gasteiger partial charge is 0.493 e. The molecule has 0 fully saturated rings. The van der Waals surface area contributed by atoms with Crippen molar-refractivity contribution in [1.29, 1.82) is 0 Å². The number of ether oxygens (including phenoxy) is 3. The first kappa shape index (κ1) is 20.3. The van der Waals surface area contributed by atoms with Crippen LogP contribution in [0.4, 0.5) is 5.69 Å². The maximum absolute atomic E-state index is 12.5. The third kappa shape index (κ3) is 4.78. The quantitative estimate of drug-likeness (QED) is 0.651. The lowest BCUT2D eigenvalue weighted by atomic mass is 10.1. The van der Waals surface area contributed by atoms with Crippen molar-refractivity contribution in [3.05, 3.63) is 45.4 Å². The van der Waals surface area contributed by atoms with Gasteiger partial charge in [0.1, 0.15) is 0 Å². The average molecular weight is 460 g/mol. The van der Waals surface area contributed by atoms with Crippen molar-refractivity contribution in [2.75, 3.05) is 26.6 Å².